The van der Waals surface area contributed by atoms with Crippen LogP contribution in [0.25, 0.3) is 16.9 Å². The third kappa shape index (κ3) is 6.69. The van der Waals surface area contributed by atoms with Gasteiger partial charge in [-0.1, -0.05) is 46.3 Å². The largest absolute Gasteiger partial charge is 0.491 e. The molecule has 0 bridgehead atoms. The Hall–Kier alpha value is -5.00. The number of benzene rings is 3. The second kappa shape index (κ2) is 14.0. The molecule has 2 atom stereocenters. The first-order valence-electron chi connectivity index (χ1n) is 15.7. The number of nitrogens with zero attached hydrogens (tertiary/aromatic N) is 4. The third-order valence-corrected chi connectivity index (χ3v) is 9.30. The average Bonchev–Trinajstić information content (AvgIpc) is 3.38. The number of hydrogen-bond acceptors (Lipinski definition) is 6. The van der Waals surface area contributed by atoms with Gasteiger partial charge in [-0.05, 0) is 86.5 Å². The van der Waals surface area contributed by atoms with Crippen molar-refractivity contribution in [1.82, 2.24) is 24.3 Å². The van der Waals surface area contributed by atoms with E-state index in [-0.39, 0.29) is 49.6 Å². The summed E-state index contributed by atoms with van der Waals surface area (Å²) in [5.74, 6) is -0.115. The van der Waals surface area contributed by atoms with E-state index in [1.54, 1.807) is 52.9 Å². The van der Waals surface area contributed by atoms with Crippen molar-refractivity contribution in [2.24, 2.45) is 0 Å². The van der Waals surface area contributed by atoms with Crippen molar-refractivity contribution in [3.8, 4) is 22.7 Å². The summed E-state index contributed by atoms with van der Waals surface area (Å²) in [7, 11) is 0. The molecular weight excluding hydrogens is 674 g/mol. The van der Waals surface area contributed by atoms with Crippen LogP contribution in [-0.4, -0.2) is 54.7 Å². The molecule has 11 heteroatoms. The highest BCUT2D eigenvalue weighted by molar-refractivity contribution is 9.10. The lowest BCUT2D eigenvalue weighted by atomic mass is 10.0. The van der Waals surface area contributed by atoms with Gasteiger partial charge in [0.25, 0.3) is 11.8 Å². The normalized spacial score (nSPS) is 14.7. The second-order valence-corrected chi connectivity index (χ2v) is 12.8. The summed E-state index contributed by atoms with van der Waals surface area (Å²) in [6.45, 7) is 6.06. The minimum Gasteiger partial charge on any atom is -0.491 e. The third-order valence-electron chi connectivity index (χ3n) is 8.41. The van der Waals surface area contributed by atoms with Crippen LogP contribution in [0.15, 0.2) is 100 Å². The number of rotatable bonds is 9. The minimum atomic E-state index is -0.641. The molecule has 1 aliphatic heterocycles. The summed E-state index contributed by atoms with van der Waals surface area (Å²) < 4.78 is 9.52. The molecule has 6 rings (SSSR count). The molecule has 0 saturated heterocycles. The minimum absolute atomic E-state index is 0.0697. The quantitative estimate of drug-likeness (QED) is 0.209. The van der Waals surface area contributed by atoms with Crippen LogP contribution in [0.3, 0.4) is 0 Å². The summed E-state index contributed by atoms with van der Waals surface area (Å²) >= 11 is 3.50. The summed E-state index contributed by atoms with van der Waals surface area (Å²) in [4.78, 5) is 48.4. The fourth-order valence-electron chi connectivity index (χ4n) is 5.92. The van der Waals surface area contributed by atoms with Crippen molar-refractivity contribution >= 4 is 27.7 Å². The van der Waals surface area contributed by atoms with Crippen LogP contribution in [0.1, 0.15) is 51.5 Å². The highest BCUT2D eigenvalue weighted by atomic mass is 79.9. The number of ether oxygens (including phenoxy) is 1. The van der Waals surface area contributed by atoms with E-state index in [0.29, 0.717) is 22.7 Å². The number of halogens is 1. The molecule has 48 heavy (non-hydrogen) atoms. The molecule has 3 aromatic carbocycles. The van der Waals surface area contributed by atoms with Crippen LogP contribution in [0.5, 0.6) is 5.75 Å². The van der Waals surface area contributed by atoms with Gasteiger partial charge < -0.3 is 20.1 Å². The molecule has 10 nitrogen and oxygen atoms in total. The Kier molecular flexibility index (Phi) is 9.61. The Morgan fingerprint density at radius 3 is 2.52 bits per heavy atom. The van der Waals surface area contributed by atoms with Crippen molar-refractivity contribution < 1.29 is 19.4 Å². The highest BCUT2D eigenvalue weighted by Gasteiger charge is 2.35. The van der Waals surface area contributed by atoms with Gasteiger partial charge in [0.1, 0.15) is 18.1 Å². The maximum absolute atomic E-state index is 14.2. The van der Waals surface area contributed by atoms with E-state index in [9.17, 15) is 19.5 Å². The summed E-state index contributed by atoms with van der Waals surface area (Å²) in [6.07, 6.45) is 1.08. The Labute approximate surface area is 286 Å². The van der Waals surface area contributed by atoms with Gasteiger partial charge in [-0.3, -0.25) is 23.7 Å². The van der Waals surface area contributed by atoms with E-state index in [1.165, 1.54) is 4.57 Å². The molecule has 3 heterocycles. The lowest BCUT2D eigenvalue weighted by Crippen LogP contribution is -2.47. The number of nitrogens with one attached hydrogen (secondary N) is 1. The number of hydrogen-bond donors (Lipinski definition) is 2. The van der Waals surface area contributed by atoms with Crippen molar-refractivity contribution in [2.75, 3.05) is 6.61 Å². The number of pyridine rings is 1. The molecule has 0 aliphatic carbocycles. The van der Waals surface area contributed by atoms with Crippen molar-refractivity contribution in [3.05, 3.63) is 134 Å². The number of carbonyl (C=O) groups excluding carboxylic acids is 2. The van der Waals surface area contributed by atoms with Crippen molar-refractivity contribution in [3.63, 3.8) is 0 Å². The second-order valence-electron chi connectivity index (χ2n) is 12.0. The number of carbonyl (C=O) groups is 2. The molecule has 0 saturated carbocycles. The predicted octanol–water partition coefficient (Wildman–Crippen LogP) is 5.51. The van der Waals surface area contributed by atoms with Gasteiger partial charge in [0, 0.05) is 40.9 Å². The smallest absolute Gasteiger partial charge is 0.333 e. The van der Waals surface area contributed by atoms with Gasteiger partial charge >= 0.3 is 5.69 Å². The topological polar surface area (TPSA) is 119 Å². The molecular formula is C37H36BrN5O5. The van der Waals surface area contributed by atoms with Gasteiger partial charge in [0.2, 0.25) is 0 Å². The van der Waals surface area contributed by atoms with Crippen LogP contribution in [0.2, 0.25) is 0 Å². The van der Waals surface area contributed by atoms with Crippen LogP contribution in [0, 0.1) is 6.92 Å². The van der Waals surface area contributed by atoms with E-state index in [1.807, 2.05) is 68.4 Å². The molecule has 2 N–H and O–H groups in total. The maximum Gasteiger partial charge on any atom is 0.333 e. The number of aryl methyl sites for hydroxylation is 1. The maximum atomic E-state index is 14.2. The van der Waals surface area contributed by atoms with Crippen LogP contribution < -0.4 is 15.7 Å². The van der Waals surface area contributed by atoms with Crippen molar-refractivity contribution in [2.45, 2.75) is 52.6 Å². The van der Waals surface area contributed by atoms with E-state index in [4.69, 9.17) is 4.74 Å². The lowest BCUT2D eigenvalue weighted by Gasteiger charge is -2.34. The standard InChI is InChI=1S/C37H36BrN5O5/c1-23-18-26(11-16-31(23)38)36(46)41-21-33-34(35(45)40-19-27-8-4-5-9-30(27)32-10-6-7-17-39-32)43(37(47)42(33)20-24(41)2)28-12-14-29(15-13-28)48-22-25(3)44/h4-18,24-25,44H,19-22H2,1-3H3,(H,40,45)/t24?,25-/m1/s1. The van der Waals surface area contributed by atoms with Gasteiger partial charge in [-0.15, -0.1) is 0 Å². The highest BCUT2D eigenvalue weighted by Crippen LogP contribution is 2.27. The molecule has 2 amide bonds. The zero-order chi connectivity index (χ0) is 33.9. The van der Waals surface area contributed by atoms with E-state index in [0.717, 1.165) is 26.9 Å². The predicted molar refractivity (Wildman–Crippen MR) is 186 cm³/mol. The number of imidazole rings is 1. The fraction of sp³-hybridized carbons (Fsp3) is 0.243. The zero-order valence-corrected chi connectivity index (χ0v) is 28.5. The zero-order valence-electron chi connectivity index (χ0n) is 26.9. The summed E-state index contributed by atoms with van der Waals surface area (Å²) in [5, 5.41) is 12.7. The Bertz CT molecular complexity index is 2020. The van der Waals surface area contributed by atoms with Gasteiger partial charge in [0.05, 0.1) is 29.7 Å². The first-order chi connectivity index (χ1) is 23.1. The number of amides is 2. The van der Waals surface area contributed by atoms with Crippen LogP contribution in [0.4, 0.5) is 0 Å². The van der Waals surface area contributed by atoms with Crippen molar-refractivity contribution in [1.29, 1.82) is 0 Å². The molecule has 1 unspecified atom stereocenters. The molecule has 5 aromatic rings. The SMILES string of the molecule is Cc1cc(C(=O)N2Cc3c(C(=O)NCc4ccccc4-c4ccccn4)n(-c4ccc(OC[C@@H](C)O)cc4)c(=O)n3CC2C)ccc1Br. The van der Waals surface area contributed by atoms with E-state index >= 15 is 0 Å². The Morgan fingerprint density at radius 2 is 1.81 bits per heavy atom. The number of aliphatic hydroxyl groups is 1. The number of fused-ring (bicyclic) bond motifs is 1. The monoisotopic (exact) mass is 709 g/mol. The Balaban J connectivity index is 1.38. The summed E-state index contributed by atoms with van der Waals surface area (Å²) in [6, 6.07) is 25.3. The first-order valence-corrected chi connectivity index (χ1v) is 16.5. The fourth-order valence-corrected chi connectivity index (χ4v) is 6.17. The number of aromatic nitrogens is 3. The van der Waals surface area contributed by atoms with Gasteiger partial charge in [-0.25, -0.2) is 4.79 Å². The van der Waals surface area contributed by atoms with Gasteiger partial charge in [0.15, 0.2) is 0 Å². The molecule has 2 aromatic heterocycles. The molecule has 1 aliphatic rings. The Morgan fingerprint density at radius 1 is 1.06 bits per heavy atom. The van der Waals surface area contributed by atoms with E-state index < -0.39 is 12.0 Å². The first kappa shape index (κ1) is 32.9. The lowest BCUT2D eigenvalue weighted by molar-refractivity contribution is 0.0610. The number of aliphatic hydroxyl groups excluding tert-OH is 1. The molecule has 0 spiro atoms. The van der Waals surface area contributed by atoms with Gasteiger partial charge in [-0.2, -0.15) is 0 Å². The van der Waals surface area contributed by atoms with Crippen LogP contribution >= 0.6 is 15.9 Å². The molecule has 0 radical (unpaired) electrons. The average molecular weight is 711 g/mol. The van der Waals surface area contributed by atoms with E-state index in [2.05, 4.69) is 26.2 Å². The van der Waals surface area contributed by atoms with Crippen LogP contribution in [-0.2, 0) is 19.6 Å². The molecule has 0 fully saturated rings. The molecule has 246 valence electrons. The summed E-state index contributed by atoms with van der Waals surface area (Å²) in [5.41, 5.74) is 4.70.